The Morgan fingerprint density at radius 2 is 1.77 bits per heavy atom. The van der Waals surface area contributed by atoms with Crippen LogP contribution in [-0.2, 0) is 6.42 Å². The Balaban J connectivity index is 0.000000818. The highest BCUT2D eigenvalue weighted by Gasteiger charge is 2.27. The van der Waals surface area contributed by atoms with E-state index in [9.17, 15) is 4.39 Å². The molecule has 0 amide bonds. The molecule has 1 aliphatic rings. The summed E-state index contributed by atoms with van der Waals surface area (Å²) < 4.78 is 22.4. The van der Waals surface area contributed by atoms with E-state index in [0.29, 0.717) is 22.7 Å². The van der Waals surface area contributed by atoms with Gasteiger partial charge >= 0.3 is 0 Å². The van der Waals surface area contributed by atoms with E-state index in [1.165, 1.54) is 33.1 Å². The first-order valence-corrected chi connectivity index (χ1v) is 15.6. The molecule has 9 nitrogen and oxygen atoms in total. The number of nitrogens with one attached hydrogen (secondary N) is 3. The van der Waals surface area contributed by atoms with Crippen LogP contribution < -0.4 is 20.7 Å². The lowest BCUT2D eigenvalue weighted by Crippen LogP contribution is -2.26. The molecular formula is C33H44ClFN6O3. The smallest absolute Gasteiger partial charge is 0.165 e. The quantitative estimate of drug-likeness (QED) is 0.0918. The van der Waals surface area contributed by atoms with Crippen LogP contribution in [-0.4, -0.2) is 63.8 Å². The van der Waals surface area contributed by atoms with Crippen molar-refractivity contribution in [3.05, 3.63) is 77.5 Å². The summed E-state index contributed by atoms with van der Waals surface area (Å²) in [6.07, 6.45) is 9.22. The maximum Gasteiger partial charge on any atom is 0.165 e. The van der Waals surface area contributed by atoms with Gasteiger partial charge in [-0.2, -0.15) is 0 Å². The largest absolute Gasteiger partial charge is 0.454 e. The molecule has 2 atom stereocenters. The van der Waals surface area contributed by atoms with Crippen LogP contribution in [0.5, 0.6) is 11.5 Å². The minimum absolute atomic E-state index is 0.215. The van der Waals surface area contributed by atoms with E-state index in [4.69, 9.17) is 26.6 Å². The van der Waals surface area contributed by atoms with Gasteiger partial charge in [0.05, 0.1) is 5.39 Å². The maximum atomic E-state index is 14.5. The number of aliphatic hydroxyl groups is 2. The number of rotatable bonds is 13. The molecule has 1 aliphatic carbocycles. The Morgan fingerprint density at radius 1 is 1.02 bits per heavy atom. The van der Waals surface area contributed by atoms with Crippen molar-refractivity contribution < 1.29 is 19.3 Å². The molecule has 2 unspecified atom stereocenters. The fourth-order valence-electron chi connectivity index (χ4n) is 5.37. The molecular weight excluding hydrogens is 583 g/mol. The van der Waals surface area contributed by atoms with Crippen molar-refractivity contribution >= 4 is 28.5 Å². The van der Waals surface area contributed by atoms with Gasteiger partial charge in [0.15, 0.2) is 17.4 Å². The van der Waals surface area contributed by atoms with E-state index in [0.717, 1.165) is 61.4 Å². The number of hydrogen-bond donors (Lipinski definition) is 5. The van der Waals surface area contributed by atoms with Gasteiger partial charge in [0.1, 0.15) is 23.5 Å². The molecule has 2 aromatic heterocycles. The molecule has 0 bridgehead atoms. The average molecular weight is 627 g/mol. The molecule has 4 aromatic rings. The Bertz CT molecular complexity index is 1450. The minimum atomic E-state index is -1.50. The van der Waals surface area contributed by atoms with E-state index >= 15 is 0 Å². The zero-order valence-corrected chi connectivity index (χ0v) is 26.4. The number of halogens is 2. The highest BCUT2D eigenvalue weighted by molar-refractivity contribution is 6.30. The lowest BCUT2D eigenvalue weighted by Gasteiger charge is -2.15. The summed E-state index contributed by atoms with van der Waals surface area (Å²) in [7, 11) is 1.90. The number of fused-ring (bicyclic) bond motifs is 1. The molecule has 5 rings (SSSR count). The van der Waals surface area contributed by atoms with E-state index < -0.39 is 5.79 Å². The molecule has 0 spiro atoms. The van der Waals surface area contributed by atoms with Crippen LogP contribution in [0.25, 0.3) is 11.0 Å². The van der Waals surface area contributed by atoms with Crippen LogP contribution in [0, 0.1) is 11.7 Å². The summed E-state index contributed by atoms with van der Waals surface area (Å²) in [6, 6.07) is 14.6. The van der Waals surface area contributed by atoms with E-state index in [1.54, 1.807) is 42.7 Å². The highest BCUT2D eigenvalue weighted by Crippen LogP contribution is 2.36. The van der Waals surface area contributed by atoms with Crippen LogP contribution in [0.1, 0.15) is 51.1 Å². The third kappa shape index (κ3) is 10.4. The van der Waals surface area contributed by atoms with Crippen molar-refractivity contribution in [3.8, 4) is 11.5 Å². The number of hydrogen-bond acceptors (Lipinski definition) is 8. The lowest BCUT2D eigenvalue weighted by molar-refractivity contribution is -0.127. The van der Waals surface area contributed by atoms with Gasteiger partial charge in [0.2, 0.25) is 0 Å². The van der Waals surface area contributed by atoms with Gasteiger partial charge in [-0.15, -0.1) is 0 Å². The predicted octanol–water partition coefficient (Wildman–Crippen LogP) is 5.92. The van der Waals surface area contributed by atoms with Gasteiger partial charge in [-0.1, -0.05) is 17.7 Å². The first-order chi connectivity index (χ1) is 21.1. The van der Waals surface area contributed by atoms with Crippen molar-refractivity contribution in [2.24, 2.45) is 5.92 Å². The van der Waals surface area contributed by atoms with Crippen molar-refractivity contribution in [1.82, 2.24) is 25.2 Å². The first kappa shape index (κ1) is 33.6. The number of ether oxygens (including phenoxy) is 1. The Hall–Kier alpha value is -3.28. The summed E-state index contributed by atoms with van der Waals surface area (Å²) in [5, 5.41) is 28.1. The minimum Gasteiger partial charge on any atom is -0.454 e. The molecule has 44 heavy (non-hydrogen) atoms. The Kier molecular flexibility index (Phi) is 12.3. The van der Waals surface area contributed by atoms with E-state index in [1.807, 2.05) is 13.1 Å². The van der Waals surface area contributed by atoms with Crippen molar-refractivity contribution in [3.63, 3.8) is 0 Å². The third-order valence-corrected chi connectivity index (χ3v) is 7.67. The van der Waals surface area contributed by atoms with Crippen molar-refractivity contribution in [2.45, 2.75) is 57.8 Å². The number of benzene rings is 2. The van der Waals surface area contributed by atoms with Crippen LogP contribution in [0.3, 0.4) is 0 Å². The summed E-state index contributed by atoms with van der Waals surface area (Å²) in [6.45, 7) is 6.38. The standard InChI is InChI=1S/C30H36ClFN6O.C3H8O2/c1-33-29-26-12-16-38(30(26)37-20-36-29)24-7-3-22(17-24)19-35-14-2-13-34-15-11-21-4-10-28(27(32)18-21)39-25-8-5-23(31)6-9-25;1-3(2,4)5/h4-6,8-10,12,16,18,20,22,24,34-35H,2-3,7,11,13-15,17,19H2,1H3,(H,33,36,37);4-5H,1-2H3. The summed E-state index contributed by atoms with van der Waals surface area (Å²) in [5.74, 6) is 0.483. The summed E-state index contributed by atoms with van der Waals surface area (Å²) in [4.78, 5) is 8.86. The van der Waals surface area contributed by atoms with Gasteiger partial charge in [0, 0.05) is 24.3 Å². The second kappa shape index (κ2) is 16.2. The average Bonchev–Trinajstić information content (AvgIpc) is 3.63. The number of nitrogens with zero attached hydrogens (tertiary/aromatic N) is 3. The fraction of sp³-hybridized carbons (Fsp3) is 0.455. The molecule has 2 heterocycles. The molecule has 5 N–H and O–H groups in total. The van der Waals surface area contributed by atoms with E-state index in [-0.39, 0.29) is 11.6 Å². The molecule has 0 aliphatic heterocycles. The second-order valence-electron chi connectivity index (χ2n) is 11.6. The normalized spacial score (nSPS) is 16.5. The van der Waals surface area contributed by atoms with Crippen LogP contribution in [0.2, 0.25) is 5.02 Å². The van der Waals surface area contributed by atoms with Gasteiger partial charge in [0.25, 0.3) is 0 Å². The summed E-state index contributed by atoms with van der Waals surface area (Å²) in [5.41, 5.74) is 1.96. The zero-order valence-electron chi connectivity index (χ0n) is 25.7. The Labute approximate surface area is 263 Å². The zero-order chi connectivity index (χ0) is 31.5. The molecule has 0 radical (unpaired) electrons. The van der Waals surface area contributed by atoms with Gasteiger partial charge < -0.3 is 35.5 Å². The van der Waals surface area contributed by atoms with Crippen molar-refractivity contribution in [1.29, 1.82) is 0 Å². The van der Waals surface area contributed by atoms with Gasteiger partial charge in [-0.3, -0.25) is 0 Å². The third-order valence-electron chi connectivity index (χ3n) is 7.42. The topological polar surface area (TPSA) is 116 Å². The van der Waals surface area contributed by atoms with Gasteiger partial charge in [-0.25, -0.2) is 14.4 Å². The van der Waals surface area contributed by atoms with Crippen LogP contribution >= 0.6 is 11.6 Å². The lowest BCUT2D eigenvalue weighted by atomic mass is 10.1. The van der Waals surface area contributed by atoms with Crippen LogP contribution in [0.4, 0.5) is 10.2 Å². The van der Waals surface area contributed by atoms with Gasteiger partial charge in [-0.05, 0) is 126 Å². The highest BCUT2D eigenvalue weighted by atomic mass is 35.5. The molecule has 238 valence electrons. The second-order valence-corrected chi connectivity index (χ2v) is 12.1. The first-order valence-electron chi connectivity index (χ1n) is 15.2. The van der Waals surface area contributed by atoms with Crippen LogP contribution in [0.15, 0.2) is 61.1 Å². The molecule has 1 fully saturated rings. The molecule has 2 aromatic carbocycles. The molecule has 1 saturated carbocycles. The molecule has 0 saturated heterocycles. The molecule has 11 heteroatoms. The van der Waals surface area contributed by atoms with Crippen molar-refractivity contribution in [2.75, 3.05) is 38.5 Å². The Morgan fingerprint density at radius 3 is 2.50 bits per heavy atom. The number of aromatic nitrogens is 3. The predicted molar refractivity (Wildman–Crippen MR) is 174 cm³/mol. The van der Waals surface area contributed by atoms with E-state index in [2.05, 4.69) is 42.7 Å². The maximum absolute atomic E-state index is 14.5. The fourth-order valence-corrected chi connectivity index (χ4v) is 5.49. The summed E-state index contributed by atoms with van der Waals surface area (Å²) >= 11 is 5.89. The SMILES string of the molecule is CC(C)(O)O.CNc1ncnc2c1ccn2C1CCC(CNCCCNCCc2ccc(Oc3ccc(Cl)cc3)c(F)c2)C1. The number of anilines is 1. The monoisotopic (exact) mass is 626 g/mol.